The van der Waals surface area contributed by atoms with Gasteiger partial charge in [0.15, 0.2) is 5.82 Å². The van der Waals surface area contributed by atoms with Gasteiger partial charge in [-0.2, -0.15) is 4.98 Å². The summed E-state index contributed by atoms with van der Waals surface area (Å²) < 4.78 is 5.37. The third kappa shape index (κ3) is 2.66. The maximum absolute atomic E-state index is 5.37. The summed E-state index contributed by atoms with van der Waals surface area (Å²) >= 11 is 0. The van der Waals surface area contributed by atoms with Crippen molar-refractivity contribution in [3.63, 3.8) is 0 Å². The van der Waals surface area contributed by atoms with E-state index in [9.17, 15) is 0 Å². The van der Waals surface area contributed by atoms with E-state index in [-0.39, 0.29) is 0 Å². The minimum Gasteiger partial charge on any atom is -0.339 e. The SMILES string of the molecule is C1CC(Cc2nc(C3CCNC3)no2)CCN1. The highest BCUT2D eigenvalue weighted by Crippen LogP contribution is 2.21. The molecule has 0 spiro atoms. The molecule has 2 N–H and O–H groups in total. The molecule has 0 bridgehead atoms. The van der Waals surface area contributed by atoms with Gasteiger partial charge in [-0.15, -0.1) is 0 Å². The molecule has 0 aromatic carbocycles. The van der Waals surface area contributed by atoms with Crippen molar-refractivity contribution in [3.8, 4) is 0 Å². The number of aromatic nitrogens is 2. The lowest BCUT2D eigenvalue weighted by Gasteiger charge is -2.20. The highest BCUT2D eigenvalue weighted by atomic mass is 16.5. The number of nitrogens with zero attached hydrogens (tertiary/aromatic N) is 2. The predicted octanol–water partition coefficient (Wildman–Crippen LogP) is 0.689. The average Bonchev–Trinajstić information content (AvgIpc) is 3.00. The highest BCUT2D eigenvalue weighted by molar-refractivity contribution is 5.00. The molecule has 0 radical (unpaired) electrons. The third-order valence-corrected chi connectivity index (χ3v) is 3.83. The smallest absolute Gasteiger partial charge is 0.226 e. The van der Waals surface area contributed by atoms with E-state index in [0.717, 1.165) is 50.7 Å². The number of hydrogen-bond donors (Lipinski definition) is 2. The molecule has 1 atom stereocenters. The summed E-state index contributed by atoms with van der Waals surface area (Å²) in [7, 11) is 0. The van der Waals surface area contributed by atoms with Gasteiger partial charge in [0.25, 0.3) is 0 Å². The van der Waals surface area contributed by atoms with Crippen LogP contribution in [0.15, 0.2) is 4.52 Å². The predicted molar refractivity (Wildman–Crippen MR) is 63.8 cm³/mol. The quantitative estimate of drug-likeness (QED) is 0.808. The van der Waals surface area contributed by atoms with Crippen LogP contribution in [0.25, 0.3) is 0 Å². The van der Waals surface area contributed by atoms with E-state index in [4.69, 9.17) is 4.52 Å². The van der Waals surface area contributed by atoms with Crippen molar-refractivity contribution in [1.29, 1.82) is 0 Å². The second-order valence-electron chi connectivity index (χ2n) is 5.13. The Hall–Kier alpha value is -0.940. The molecule has 3 heterocycles. The first-order chi connectivity index (χ1) is 8.42. The monoisotopic (exact) mass is 236 g/mol. The van der Waals surface area contributed by atoms with Gasteiger partial charge in [0.05, 0.1) is 0 Å². The highest BCUT2D eigenvalue weighted by Gasteiger charge is 2.23. The lowest BCUT2D eigenvalue weighted by Crippen LogP contribution is -2.28. The molecule has 2 aliphatic heterocycles. The van der Waals surface area contributed by atoms with Crippen LogP contribution in [0.2, 0.25) is 0 Å². The van der Waals surface area contributed by atoms with Crippen LogP contribution in [0.3, 0.4) is 0 Å². The molecule has 2 aliphatic rings. The third-order valence-electron chi connectivity index (χ3n) is 3.83. The van der Waals surface area contributed by atoms with Crippen molar-refractivity contribution in [2.75, 3.05) is 26.2 Å². The van der Waals surface area contributed by atoms with Gasteiger partial charge in [0.2, 0.25) is 5.89 Å². The van der Waals surface area contributed by atoms with Crippen LogP contribution in [0.4, 0.5) is 0 Å². The van der Waals surface area contributed by atoms with E-state index in [0.29, 0.717) is 11.8 Å². The minimum atomic E-state index is 0.459. The molecule has 1 unspecified atom stereocenters. The van der Waals surface area contributed by atoms with Crippen molar-refractivity contribution in [1.82, 2.24) is 20.8 Å². The summed E-state index contributed by atoms with van der Waals surface area (Å²) in [4.78, 5) is 4.55. The Labute approximate surface area is 101 Å². The number of hydrogen-bond acceptors (Lipinski definition) is 5. The number of rotatable bonds is 3. The van der Waals surface area contributed by atoms with Gasteiger partial charge in [-0.05, 0) is 44.8 Å². The summed E-state index contributed by atoms with van der Waals surface area (Å²) in [5.74, 6) is 2.91. The molecule has 3 rings (SSSR count). The average molecular weight is 236 g/mol. The van der Waals surface area contributed by atoms with Gasteiger partial charge in [-0.25, -0.2) is 0 Å². The summed E-state index contributed by atoms with van der Waals surface area (Å²) in [5.41, 5.74) is 0. The number of nitrogens with one attached hydrogen (secondary N) is 2. The maximum Gasteiger partial charge on any atom is 0.226 e. The van der Waals surface area contributed by atoms with Crippen molar-refractivity contribution in [2.24, 2.45) is 5.92 Å². The molecule has 2 saturated heterocycles. The van der Waals surface area contributed by atoms with Crippen LogP contribution in [0.5, 0.6) is 0 Å². The van der Waals surface area contributed by atoms with Gasteiger partial charge < -0.3 is 15.2 Å². The fourth-order valence-corrected chi connectivity index (χ4v) is 2.72. The molecule has 94 valence electrons. The fraction of sp³-hybridized carbons (Fsp3) is 0.833. The Balaban J connectivity index is 1.59. The Kier molecular flexibility index (Phi) is 3.38. The van der Waals surface area contributed by atoms with Crippen molar-refractivity contribution in [2.45, 2.75) is 31.6 Å². The molecule has 17 heavy (non-hydrogen) atoms. The van der Waals surface area contributed by atoms with Crippen LogP contribution in [-0.2, 0) is 6.42 Å². The molecule has 1 aromatic rings. The van der Waals surface area contributed by atoms with Gasteiger partial charge in [-0.1, -0.05) is 5.16 Å². The molecule has 5 heteroatoms. The largest absolute Gasteiger partial charge is 0.339 e. The van der Waals surface area contributed by atoms with Crippen LogP contribution in [-0.4, -0.2) is 36.3 Å². The van der Waals surface area contributed by atoms with Crippen molar-refractivity contribution >= 4 is 0 Å². The standard InChI is InChI=1S/C12H20N4O/c1-4-13-5-2-9(1)7-11-15-12(16-17-11)10-3-6-14-8-10/h9-10,13-14H,1-8H2. The van der Waals surface area contributed by atoms with Gasteiger partial charge in [-0.3, -0.25) is 0 Å². The Morgan fingerprint density at radius 1 is 1.12 bits per heavy atom. The molecular weight excluding hydrogens is 216 g/mol. The summed E-state index contributed by atoms with van der Waals surface area (Å²) in [6.07, 6.45) is 4.53. The van der Waals surface area contributed by atoms with E-state index in [1.165, 1.54) is 12.8 Å². The first-order valence-electron chi connectivity index (χ1n) is 6.66. The van der Waals surface area contributed by atoms with E-state index in [1.807, 2.05) is 0 Å². The Morgan fingerprint density at radius 2 is 1.94 bits per heavy atom. The van der Waals surface area contributed by atoms with E-state index in [2.05, 4.69) is 20.8 Å². The molecular formula is C12H20N4O. The lowest BCUT2D eigenvalue weighted by atomic mass is 9.95. The topological polar surface area (TPSA) is 63.0 Å². The van der Waals surface area contributed by atoms with Crippen LogP contribution in [0.1, 0.15) is 36.9 Å². The molecule has 0 saturated carbocycles. The normalized spacial score (nSPS) is 26.5. The van der Waals surface area contributed by atoms with Crippen molar-refractivity contribution in [3.05, 3.63) is 11.7 Å². The first-order valence-corrected chi connectivity index (χ1v) is 6.66. The first kappa shape index (κ1) is 11.2. The second-order valence-corrected chi connectivity index (χ2v) is 5.13. The summed E-state index contributed by atoms with van der Waals surface area (Å²) in [6.45, 7) is 4.31. The van der Waals surface area contributed by atoms with Gasteiger partial charge in [0.1, 0.15) is 0 Å². The molecule has 5 nitrogen and oxygen atoms in total. The Bertz CT molecular complexity index is 353. The maximum atomic E-state index is 5.37. The minimum absolute atomic E-state index is 0.459. The van der Waals surface area contributed by atoms with Crippen LogP contribution in [0, 0.1) is 5.92 Å². The molecule has 0 amide bonds. The lowest BCUT2D eigenvalue weighted by molar-refractivity contribution is 0.311. The van der Waals surface area contributed by atoms with Crippen molar-refractivity contribution < 1.29 is 4.52 Å². The van der Waals surface area contributed by atoms with E-state index in [1.54, 1.807) is 0 Å². The second kappa shape index (κ2) is 5.14. The zero-order valence-corrected chi connectivity index (χ0v) is 10.1. The number of piperidine rings is 1. The zero-order valence-electron chi connectivity index (χ0n) is 10.1. The molecule has 0 aliphatic carbocycles. The van der Waals surface area contributed by atoms with Crippen LogP contribution < -0.4 is 10.6 Å². The van der Waals surface area contributed by atoms with E-state index < -0.39 is 0 Å². The summed E-state index contributed by atoms with van der Waals surface area (Å²) in [5, 5.41) is 10.8. The zero-order chi connectivity index (χ0) is 11.5. The summed E-state index contributed by atoms with van der Waals surface area (Å²) in [6, 6.07) is 0. The van der Waals surface area contributed by atoms with Crippen LogP contribution >= 0.6 is 0 Å². The Morgan fingerprint density at radius 3 is 2.71 bits per heavy atom. The van der Waals surface area contributed by atoms with E-state index >= 15 is 0 Å². The fourth-order valence-electron chi connectivity index (χ4n) is 2.72. The van der Waals surface area contributed by atoms with Gasteiger partial charge >= 0.3 is 0 Å². The molecule has 1 aromatic heterocycles. The van der Waals surface area contributed by atoms with Gasteiger partial charge in [0, 0.05) is 18.9 Å². The molecule has 2 fully saturated rings.